The number of rotatable bonds is 8. The summed E-state index contributed by atoms with van der Waals surface area (Å²) in [6, 6.07) is 15.8. The van der Waals surface area contributed by atoms with Crippen LogP contribution in [0.5, 0.6) is 5.75 Å². The number of carbonyl (C=O) groups is 1. The first-order valence-corrected chi connectivity index (χ1v) is 7.61. The van der Waals surface area contributed by atoms with E-state index >= 15 is 0 Å². The summed E-state index contributed by atoms with van der Waals surface area (Å²) in [5.74, 6) is 0.379. The van der Waals surface area contributed by atoms with Crippen LogP contribution < -0.4 is 10.2 Å². The van der Waals surface area contributed by atoms with Crippen molar-refractivity contribution in [3.05, 3.63) is 60.2 Å². The molecule has 0 radical (unpaired) electrons. The highest BCUT2D eigenvalue weighted by atomic mass is 16.7. The highest BCUT2D eigenvalue weighted by Gasteiger charge is 2.00. The minimum atomic E-state index is -0.439. The molecule has 0 aliphatic rings. The predicted molar refractivity (Wildman–Crippen MR) is 93.4 cm³/mol. The van der Waals surface area contributed by atoms with Gasteiger partial charge in [0.15, 0.2) is 0 Å². The van der Waals surface area contributed by atoms with Crippen molar-refractivity contribution < 1.29 is 19.1 Å². The Morgan fingerprint density at radius 2 is 1.62 bits per heavy atom. The van der Waals surface area contributed by atoms with Crippen LogP contribution in [-0.4, -0.2) is 33.3 Å². The monoisotopic (exact) mass is 327 g/mol. The Hall–Kier alpha value is -2.63. The molecule has 0 aliphatic carbocycles. The van der Waals surface area contributed by atoms with Crippen LogP contribution in [0.25, 0.3) is 17.2 Å². The highest BCUT2D eigenvalue weighted by molar-refractivity contribution is 5.87. The number of carbonyl (C=O) groups excluding carboxylic acids is 1. The van der Waals surface area contributed by atoms with E-state index in [1.165, 1.54) is 13.1 Å². The van der Waals surface area contributed by atoms with Gasteiger partial charge in [-0.25, -0.2) is 4.79 Å². The van der Waals surface area contributed by atoms with E-state index in [0.29, 0.717) is 13.2 Å². The fraction of sp³-hybridized carbons (Fsp3) is 0.211. The van der Waals surface area contributed by atoms with E-state index in [4.69, 9.17) is 9.47 Å². The molecule has 0 aromatic heterocycles. The third-order valence-corrected chi connectivity index (χ3v) is 3.27. The number of nitrogens with one attached hydrogen (secondary N) is 1. The van der Waals surface area contributed by atoms with Crippen molar-refractivity contribution in [2.45, 2.75) is 0 Å². The second kappa shape index (κ2) is 9.50. The molecule has 5 nitrogen and oxygen atoms in total. The van der Waals surface area contributed by atoms with Gasteiger partial charge in [0.2, 0.25) is 0 Å². The largest absolute Gasteiger partial charge is 0.491 e. The lowest BCUT2D eigenvalue weighted by atomic mass is 10.0. The molecule has 0 amide bonds. The summed E-state index contributed by atoms with van der Waals surface area (Å²) < 4.78 is 10.5. The van der Waals surface area contributed by atoms with Gasteiger partial charge in [-0.3, -0.25) is 0 Å². The van der Waals surface area contributed by atoms with E-state index in [0.717, 1.165) is 22.4 Å². The summed E-state index contributed by atoms with van der Waals surface area (Å²) in [4.78, 5) is 15.8. The molecule has 0 bridgehead atoms. The van der Waals surface area contributed by atoms with Crippen molar-refractivity contribution in [3.8, 4) is 16.9 Å². The van der Waals surface area contributed by atoms with Crippen LogP contribution in [0.1, 0.15) is 5.56 Å². The zero-order chi connectivity index (χ0) is 17.2. The van der Waals surface area contributed by atoms with Crippen LogP contribution in [0, 0.1) is 0 Å². The second-order valence-electron chi connectivity index (χ2n) is 4.95. The number of hydrogen-bond acceptors (Lipinski definition) is 5. The molecule has 0 aliphatic heterocycles. The van der Waals surface area contributed by atoms with Crippen molar-refractivity contribution in [2.75, 3.05) is 27.4 Å². The van der Waals surface area contributed by atoms with Gasteiger partial charge < -0.3 is 14.3 Å². The standard InChI is InChI=1S/C19H21NO4/c1-20-24-19(21)12-5-15-3-6-16(7-4-15)17-8-10-18(11-9-17)23-14-13-22-2/h3-12,20H,13-14H2,1-2H3/b12-5+. The molecule has 0 saturated carbocycles. The molecule has 2 aromatic carbocycles. The average Bonchev–Trinajstić information content (AvgIpc) is 2.62. The topological polar surface area (TPSA) is 56.8 Å². The van der Waals surface area contributed by atoms with E-state index in [9.17, 15) is 4.79 Å². The molecular formula is C19H21NO4. The zero-order valence-corrected chi connectivity index (χ0v) is 13.8. The molecule has 0 heterocycles. The summed E-state index contributed by atoms with van der Waals surface area (Å²) in [6.07, 6.45) is 3.08. The fourth-order valence-electron chi connectivity index (χ4n) is 2.07. The molecule has 0 fully saturated rings. The molecule has 5 heteroatoms. The maximum absolute atomic E-state index is 11.2. The van der Waals surface area contributed by atoms with Crippen molar-refractivity contribution in [1.82, 2.24) is 5.48 Å². The van der Waals surface area contributed by atoms with Gasteiger partial charge in [0, 0.05) is 20.2 Å². The minimum absolute atomic E-state index is 0.439. The Balaban J connectivity index is 1.98. The molecular weight excluding hydrogens is 306 g/mol. The van der Waals surface area contributed by atoms with Crippen LogP contribution in [-0.2, 0) is 14.4 Å². The molecule has 126 valence electrons. The van der Waals surface area contributed by atoms with Crippen LogP contribution >= 0.6 is 0 Å². The Morgan fingerprint density at radius 1 is 1.00 bits per heavy atom. The van der Waals surface area contributed by atoms with Gasteiger partial charge in [-0.05, 0) is 34.9 Å². The molecule has 0 unspecified atom stereocenters. The van der Waals surface area contributed by atoms with Gasteiger partial charge in [0.25, 0.3) is 0 Å². The maximum Gasteiger partial charge on any atom is 0.349 e. The number of methoxy groups -OCH3 is 1. The molecule has 2 aromatic rings. The molecule has 0 saturated heterocycles. The Kier molecular flexibility index (Phi) is 7.01. The lowest BCUT2D eigenvalue weighted by Crippen LogP contribution is -2.12. The lowest BCUT2D eigenvalue weighted by molar-refractivity contribution is -0.143. The predicted octanol–water partition coefficient (Wildman–Crippen LogP) is 3.07. The van der Waals surface area contributed by atoms with Crippen LogP contribution in [0.2, 0.25) is 0 Å². The van der Waals surface area contributed by atoms with Gasteiger partial charge in [0.1, 0.15) is 12.4 Å². The van der Waals surface area contributed by atoms with Crippen LogP contribution in [0.4, 0.5) is 0 Å². The van der Waals surface area contributed by atoms with E-state index in [2.05, 4.69) is 10.3 Å². The Morgan fingerprint density at radius 3 is 2.21 bits per heavy atom. The summed E-state index contributed by atoms with van der Waals surface area (Å²) >= 11 is 0. The van der Waals surface area contributed by atoms with E-state index < -0.39 is 5.97 Å². The van der Waals surface area contributed by atoms with Crippen molar-refractivity contribution in [3.63, 3.8) is 0 Å². The molecule has 1 N–H and O–H groups in total. The quantitative estimate of drug-likeness (QED) is 0.459. The van der Waals surface area contributed by atoms with Crippen LogP contribution in [0.3, 0.4) is 0 Å². The number of hydrogen-bond donors (Lipinski definition) is 1. The zero-order valence-electron chi connectivity index (χ0n) is 13.8. The van der Waals surface area contributed by atoms with Crippen molar-refractivity contribution in [2.24, 2.45) is 0 Å². The SMILES string of the molecule is CNOC(=O)/C=C/c1ccc(-c2ccc(OCCOC)cc2)cc1. The number of hydroxylamine groups is 1. The Labute approximate surface area is 141 Å². The second-order valence-corrected chi connectivity index (χ2v) is 4.95. The normalized spacial score (nSPS) is 10.8. The maximum atomic E-state index is 11.2. The minimum Gasteiger partial charge on any atom is -0.491 e. The molecule has 24 heavy (non-hydrogen) atoms. The summed E-state index contributed by atoms with van der Waals surface area (Å²) in [5, 5.41) is 0. The first-order valence-electron chi connectivity index (χ1n) is 7.61. The van der Waals surface area contributed by atoms with E-state index in [1.807, 2.05) is 48.5 Å². The molecule has 2 rings (SSSR count). The summed E-state index contributed by atoms with van der Waals surface area (Å²) in [7, 11) is 3.18. The lowest BCUT2D eigenvalue weighted by Gasteiger charge is -2.07. The van der Waals surface area contributed by atoms with Gasteiger partial charge in [0.05, 0.1) is 6.61 Å². The van der Waals surface area contributed by atoms with Gasteiger partial charge >= 0.3 is 5.97 Å². The third kappa shape index (κ3) is 5.53. The first-order chi connectivity index (χ1) is 11.7. The van der Waals surface area contributed by atoms with Gasteiger partial charge in [-0.15, -0.1) is 0 Å². The van der Waals surface area contributed by atoms with Gasteiger partial charge in [-0.2, -0.15) is 5.48 Å². The first kappa shape index (κ1) is 17.7. The van der Waals surface area contributed by atoms with E-state index in [-0.39, 0.29) is 0 Å². The third-order valence-electron chi connectivity index (χ3n) is 3.27. The van der Waals surface area contributed by atoms with E-state index in [1.54, 1.807) is 13.2 Å². The average molecular weight is 327 g/mol. The number of benzene rings is 2. The molecule has 0 atom stereocenters. The number of ether oxygens (including phenoxy) is 2. The highest BCUT2D eigenvalue weighted by Crippen LogP contribution is 2.23. The van der Waals surface area contributed by atoms with Crippen molar-refractivity contribution >= 4 is 12.0 Å². The fourth-order valence-corrected chi connectivity index (χ4v) is 2.07. The molecule has 0 spiro atoms. The smallest absolute Gasteiger partial charge is 0.349 e. The summed E-state index contributed by atoms with van der Waals surface area (Å²) in [6.45, 7) is 1.10. The summed E-state index contributed by atoms with van der Waals surface area (Å²) in [5.41, 5.74) is 5.45. The van der Waals surface area contributed by atoms with Crippen LogP contribution in [0.15, 0.2) is 54.6 Å². The Bertz CT molecular complexity index is 663. The van der Waals surface area contributed by atoms with Gasteiger partial charge in [-0.1, -0.05) is 36.4 Å². The van der Waals surface area contributed by atoms with Crippen molar-refractivity contribution in [1.29, 1.82) is 0 Å².